The van der Waals surface area contributed by atoms with Crippen molar-refractivity contribution in [2.24, 2.45) is 0 Å². The van der Waals surface area contributed by atoms with Gasteiger partial charge in [0.2, 0.25) is 10.0 Å². The molecule has 1 amide bonds. The predicted octanol–water partition coefficient (Wildman–Crippen LogP) is 1.67. The summed E-state index contributed by atoms with van der Waals surface area (Å²) >= 11 is 0. The summed E-state index contributed by atoms with van der Waals surface area (Å²) in [4.78, 5) is 16.4. The van der Waals surface area contributed by atoms with Gasteiger partial charge < -0.3 is 5.32 Å². The van der Waals surface area contributed by atoms with Gasteiger partial charge in [-0.15, -0.1) is 0 Å². The number of nitrogens with zero attached hydrogens (tertiary/aromatic N) is 3. The molecule has 0 fully saturated rings. The second-order valence-corrected chi connectivity index (χ2v) is 7.75. The standard InChI is InChI=1S/C18H19N5O3S/c1-13(14-3-7-16(8-4-14)23-12-20-11-21-23)22-18(24)15-5-9-17(10-6-15)27(25,26)19-2/h3-13,19H,1-2H3,(H,22,24). The number of amides is 1. The number of nitrogens with one attached hydrogen (secondary N) is 2. The van der Waals surface area contributed by atoms with Gasteiger partial charge in [-0.25, -0.2) is 22.8 Å². The highest BCUT2D eigenvalue weighted by atomic mass is 32.2. The van der Waals surface area contributed by atoms with E-state index >= 15 is 0 Å². The minimum Gasteiger partial charge on any atom is -0.346 e. The normalized spacial score (nSPS) is 12.5. The SMILES string of the molecule is CNS(=O)(=O)c1ccc(C(=O)NC(C)c2ccc(-n3cncn3)cc2)cc1. The average Bonchev–Trinajstić information content (AvgIpc) is 3.23. The summed E-state index contributed by atoms with van der Waals surface area (Å²) in [6.45, 7) is 1.88. The van der Waals surface area contributed by atoms with Crippen LogP contribution in [0.15, 0.2) is 66.1 Å². The van der Waals surface area contributed by atoms with Gasteiger partial charge >= 0.3 is 0 Å². The van der Waals surface area contributed by atoms with Crippen molar-refractivity contribution in [2.45, 2.75) is 17.9 Å². The molecule has 2 N–H and O–H groups in total. The number of carbonyl (C=O) groups excluding carboxylic acids is 1. The smallest absolute Gasteiger partial charge is 0.251 e. The zero-order valence-corrected chi connectivity index (χ0v) is 15.6. The third kappa shape index (κ3) is 4.21. The summed E-state index contributed by atoms with van der Waals surface area (Å²) < 4.78 is 27.4. The zero-order chi connectivity index (χ0) is 19.4. The number of carbonyl (C=O) groups is 1. The van der Waals surface area contributed by atoms with Crippen LogP contribution in [-0.2, 0) is 10.0 Å². The minimum absolute atomic E-state index is 0.110. The van der Waals surface area contributed by atoms with Crippen LogP contribution in [0.25, 0.3) is 5.69 Å². The topological polar surface area (TPSA) is 106 Å². The van der Waals surface area contributed by atoms with E-state index in [4.69, 9.17) is 0 Å². The Hall–Kier alpha value is -3.04. The van der Waals surface area contributed by atoms with E-state index in [2.05, 4.69) is 20.1 Å². The van der Waals surface area contributed by atoms with Gasteiger partial charge in [-0.3, -0.25) is 4.79 Å². The van der Waals surface area contributed by atoms with Crippen molar-refractivity contribution in [1.82, 2.24) is 24.8 Å². The summed E-state index contributed by atoms with van der Waals surface area (Å²) in [6, 6.07) is 13.2. The van der Waals surface area contributed by atoms with Crippen LogP contribution >= 0.6 is 0 Å². The fraction of sp³-hybridized carbons (Fsp3) is 0.167. The van der Waals surface area contributed by atoms with Crippen LogP contribution in [0.1, 0.15) is 28.9 Å². The van der Waals surface area contributed by atoms with E-state index < -0.39 is 10.0 Å². The fourth-order valence-corrected chi connectivity index (χ4v) is 3.25. The number of sulfonamides is 1. The second-order valence-electron chi connectivity index (χ2n) is 5.86. The van der Waals surface area contributed by atoms with E-state index in [9.17, 15) is 13.2 Å². The van der Waals surface area contributed by atoms with Crippen molar-refractivity contribution in [1.29, 1.82) is 0 Å². The van der Waals surface area contributed by atoms with Crippen molar-refractivity contribution < 1.29 is 13.2 Å². The number of benzene rings is 2. The van der Waals surface area contributed by atoms with E-state index in [-0.39, 0.29) is 16.8 Å². The van der Waals surface area contributed by atoms with Crippen LogP contribution in [0.5, 0.6) is 0 Å². The Labute approximate surface area is 157 Å². The highest BCUT2D eigenvalue weighted by Gasteiger charge is 2.14. The number of aromatic nitrogens is 3. The Morgan fingerprint density at radius 1 is 1.07 bits per heavy atom. The van der Waals surface area contributed by atoms with Gasteiger partial charge in [0.05, 0.1) is 16.6 Å². The number of hydrogen-bond acceptors (Lipinski definition) is 5. The van der Waals surface area contributed by atoms with E-state index in [1.165, 1.54) is 37.6 Å². The molecule has 0 saturated carbocycles. The average molecular weight is 385 g/mol. The maximum Gasteiger partial charge on any atom is 0.251 e. The van der Waals surface area contributed by atoms with Gasteiger partial charge in [0.1, 0.15) is 12.7 Å². The molecule has 0 aliphatic rings. The molecule has 0 radical (unpaired) electrons. The lowest BCUT2D eigenvalue weighted by atomic mass is 10.1. The third-order valence-corrected chi connectivity index (χ3v) is 5.55. The van der Waals surface area contributed by atoms with Gasteiger partial charge in [0, 0.05) is 5.56 Å². The molecule has 1 heterocycles. The van der Waals surface area contributed by atoms with Gasteiger partial charge in [-0.2, -0.15) is 5.10 Å². The van der Waals surface area contributed by atoms with E-state index in [1.807, 2.05) is 31.2 Å². The Bertz CT molecular complexity index is 1010. The Morgan fingerprint density at radius 3 is 2.30 bits per heavy atom. The molecule has 0 bridgehead atoms. The lowest BCUT2D eigenvalue weighted by molar-refractivity contribution is 0.0940. The fourth-order valence-electron chi connectivity index (χ4n) is 2.52. The van der Waals surface area contributed by atoms with E-state index in [0.29, 0.717) is 5.56 Å². The third-order valence-electron chi connectivity index (χ3n) is 4.12. The molecule has 0 aliphatic heterocycles. The lowest BCUT2D eigenvalue weighted by Crippen LogP contribution is -2.26. The molecule has 1 atom stereocenters. The molecule has 0 aliphatic carbocycles. The molecular formula is C18H19N5O3S. The van der Waals surface area contributed by atoms with Crippen LogP contribution < -0.4 is 10.0 Å². The molecule has 0 spiro atoms. The summed E-state index contributed by atoms with van der Waals surface area (Å²) in [5, 5.41) is 6.97. The number of rotatable bonds is 6. The summed E-state index contributed by atoms with van der Waals surface area (Å²) in [7, 11) is -2.18. The monoisotopic (exact) mass is 385 g/mol. The van der Waals surface area contributed by atoms with Crippen molar-refractivity contribution >= 4 is 15.9 Å². The van der Waals surface area contributed by atoms with Gasteiger partial charge in [-0.05, 0) is 55.9 Å². The summed E-state index contributed by atoms with van der Waals surface area (Å²) in [5.41, 5.74) is 2.19. The molecule has 9 heteroatoms. The van der Waals surface area contributed by atoms with Crippen molar-refractivity contribution in [3.63, 3.8) is 0 Å². The first-order valence-electron chi connectivity index (χ1n) is 8.20. The maximum atomic E-state index is 12.4. The summed E-state index contributed by atoms with van der Waals surface area (Å²) in [5.74, 6) is -0.281. The van der Waals surface area contributed by atoms with E-state index in [1.54, 1.807) is 11.0 Å². The van der Waals surface area contributed by atoms with Crippen molar-refractivity contribution in [2.75, 3.05) is 7.05 Å². The first-order valence-corrected chi connectivity index (χ1v) is 9.68. The van der Waals surface area contributed by atoms with Crippen LogP contribution in [-0.4, -0.2) is 36.1 Å². The first-order chi connectivity index (χ1) is 12.9. The largest absolute Gasteiger partial charge is 0.346 e. The lowest BCUT2D eigenvalue weighted by Gasteiger charge is -2.15. The molecule has 140 valence electrons. The van der Waals surface area contributed by atoms with Crippen molar-refractivity contribution in [3.8, 4) is 5.69 Å². The number of hydrogen-bond donors (Lipinski definition) is 2. The molecule has 1 aromatic heterocycles. The Kier molecular flexibility index (Phi) is 5.33. The van der Waals surface area contributed by atoms with Crippen molar-refractivity contribution in [3.05, 3.63) is 72.3 Å². The van der Waals surface area contributed by atoms with Gasteiger partial charge in [-0.1, -0.05) is 12.1 Å². The summed E-state index contributed by atoms with van der Waals surface area (Å²) in [6.07, 6.45) is 3.07. The highest BCUT2D eigenvalue weighted by molar-refractivity contribution is 7.89. The van der Waals surface area contributed by atoms with Crippen LogP contribution in [0.4, 0.5) is 0 Å². The second kappa shape index (κ2) is 7.68. The molecule has 1 unspecified atom stereocenters. The van der Waals surface area contributed by atoms with Gasteiger partial charge in [0.15, 0.2) is 0 Å². The van der Waals surface area contributed by atoms with Crippen LogP contribution in [0, 0.1) is 0 Å². The predicted molar refractivity (Wildman–Crippen MR) is 99.9 cm³/mol. The van der Waals surface area contributed by atoms with Gasteiger partial charge in [0.25, 0.3) is 5.91 Å². The van der Waals surface area contributed by atoms with E-state index in [0.717, 1.165) is 11.3 Å². The first kappa shape index (κ1) is 18.7. The molecule has 8 nitrogen and oxygen atoms in total. The minimum atomic E-state index is -3.52. The quantitative estimate of drug-likeness (QED) is 0.671. The highest BCUT2D eigenvalue weighted by Crippen LogP contribution is 2.16. The maximum absolute atomic E-state index is 12.4. The van der Waals surface area contributed by atoms with Crippen LogP contribution in [0.2, 0.25) is 0 Å². The van der Waals surface area contributed by atoms with Crippen LogP contribution in [0.3, 0.4) is 0 Å². The molecule has 0 saturated heterocycles. The molecule has 3 aromatic rings. The molecule has 27 heavy (non-hydrogen) atoms. The molecule has 2 aromatic carbocycles. The molecular weight excluding hydrogens is 366 g/mol. The molecule has 3 rings (SSSR count). The Morgan fingerprint density at radius 2 is 1.74 bits per heavy atom. The Balaban J connectivity index is 1.68. The zero-order valence-electron chi connectivity index (χ0n) is 14.8.